The van der Waals surface area contributed by atoms with Crippen LogP contribution < -0.4 is 21.5 Å². The number of aromatic amines is 1. The Kier molecular flexibility index (Phi) is 29.9. The van der Waals surface area contributed by atoms with Crippen molar-refractivity contribution < 1.29 is 75.0 Å². The van der Waals surface area contributed by atoms with Crippen LogP contribution in [0, 0.1) is 42.4 Å². The number of nitrogens with two attached hydrogens (primary N) is 1. The molecule has 0 aliphatic heterocycles. The number of anilines is 2. The topological polar surface area (TPSA) is 264 Å². The number of aromatic nitrogens is 4. The number of ketones is 2. The summed E-state index contributed by atoms with van der Waals surface area (Å²) < 4.78 is 90.4. The number of carbonyl (C=O) groups is 4. The van der Waals surface area contributed by atoms with Gasteiger partial charge in [-0.25, -0.2) is 9.97 Å². The Labute approximate surface area is 427 Å². The van der Waals surface area contributed by atoms with Crippen LogP contribution in [0.3, 0.4) is 0 Å². The minimum absolute atomic E-state index is 0.00640. The molecule has 0 spiro atoms. The molecule has 21 nitrogen and oxygen atoms in total. The zero-order valence-corrected chi connectivity index (χ0v) is 41.2. The van der Waals surface area contributed by atoms with Crippen LogP contribution in [0.5, 0.6) is 0 Å². The lowest BCUT2D eigenvalue weighted by atomic mass is 9.84. The van der Waals surface area contributed by atoms with Crippen LogP contribution in [0.1, 0.15) is 54.6 Å². The molecule has 4 N–H and O–H groups in total. The Bertz CT molecular complexity index is 2320. The maximum atomic E-state index is 13.6. The van der Waals surface area contributed by atoms with E-state index in [1.807, 2.05) is 0 Å². The van der Waals surface area contributed by atoms with Gasteiger partial charge in [0, 0.05) is 55.5 Å². The maximum absolute atomic E-state index is 13.6. The lowest BCUT2D eigenvalue weighted by molar-refractivity contribution is -0.170. The quantitative estimate of drug-likeness (QED) is 0.0545. The molecule has 0 bridgehead atoms. The summed E-state index contributed by atoms with van der Waals surface area (Å²) in [7, 11) is 0. The number of halogens is 3. The van der Waals surface area contributed by atoms with Crippen molar-refractivity contribution in [1.29, 1.82) is 0 Å². The molecule has 404 valence electrons. The number of nitrogens with one attached hydrogen (secondary N) is 2. The number of benzene rings is 1. The summed E-state index contributed by atoms with van der Waals surface area (Å²) in [6.45, 7) is 4.20. The van der Waals surface area contributed by atoms with Gasteiger partial charge in [0.15, 0.2) is 11.2 Å². The third-order valence-electron chi connectivity index (χ3n) is 10.1. The zero-order valence-electron chi connectivity index (χ0n) is 41.2. The first-order valence-corrected chi connectivity index (χ1v) is 23.5. The molecule has 2 amide bonds. The molecule has 0 saturated carbocycles. The number of nitrogens with zero attached hydrogens (tertiary/aromatic N) is 4. The maximum Gasteiger partial charge on any atom is 0.471 e. The van der Waals surface area contributed by atoms with E-state index < -0.39 is 35.5 Å². The van der Waals surface area contributed by atoms with E-state index >= 15 is 0 Å². The van der Waals surface area contributed by atoms with Crippen LogP contribution in [-0.4, -0.2) is 175 Å². The van der Waals surface area contributed by atoms with Gasteiger partial charge < -0.3 is 53.7 Å². The van der Waals surface area contributed by atoms with E-state index in [2.05, 4.69) is 43.0 Å². The fourth-order valence-electron chi connectivity index (χ4n) is 6.67. The second kappa shape index (κ2) is 35.7. The molecule has 2 heterocycles. The molecular weight excluding hydrogens is 980 g/mol. The summed E-state index contributed by atoms with van der Waals surface area (Å²) in [5.41, 5.74) is 3.29. The highest BCUT2D eigenvalue weighted by Gasteiger charge is 2.43. The number of terminal acetylenes is 3. The number of H-pyrrole nitrogens is 1. The van der Waals surface area contributed by atoms with Gasteiger partial charge in [0.05, 0.1) is 111 Å². The van der Waals surface area contributed by atoms with Crippen LogP contribution in [0.15, 0.2) is 35.3 Å². The highest BCUT2D eigenvalue weighted by molar-refractivity contribution is 5.98. The average molecular weight is 1040 g/mol. The van der Waals surface area contributed by atoms with Crippen molar-refractivity contribution >= 4 is 46.2 Å². The van der Waals surface area contributed by atoms with E-state index in [1.165, 1.54) is 24.3 Å². The van der Waals surface area contributed by atoms with Gasteiger partial charge in [-0.05, 0) is 37.1 Å². The lowest BCUT2D eigenvalue weighted by Gasteiger charge is -2.32. The van der Waals surface area contributed by atoms with Crippen LogP contribution >= 0.6 is 0 Å². The van der Waals surface area contributed by atoms with Crippen molar-refractivity contribution in [2.45, 2.75) is 51.2 Å². The number of amides is 2. The van der Waals surface area contributed by atoms with Crippen LogP contribution in [0.25, 0.3) is 11.2 Å². The van der Waals surface area contributed by atoms with Gasteiger partial charge in [-0.2, -0.15) is 18.2 Å². The molecule has 3 aromatic rings. The molecule has 0 aliphatic rings. The molecule has 0 atom stereocenters. The standard InChI is InChI=1S/C50H64F3N7O14/c1-4-17-72-35-49(36-73-18-5-2,37-74-19-6-3)32-42(62)15-21-67-23-25-69-27-29-71-31-30-70-28-26-68-24-22-66-20-8-10-41(61)9-7-16-55-45(63)38-11-13-40(14-12-38)60(47(65)50(51,52)53)34-39-33-56-44-43(57-39)46(64)59-48(54)58-44/h1-3,11-14,33H,7-10,15-32,34-37H2,(H,55,63)(H3,54,56,58,59,64). The molecule has 0 radical (unpaired) electrons. The number of nitrogen functional groups attached to an aromatic ring is 1. The first kappa shape index (κ1) is 61.9. The molecule has 24 heteroatoms. The molecule has 0 aliphatic carbocycles. The van der Waals surface area contributed by atoms with E-state index in [0.29, 0.717) is 96.8 Å². The third-order valence-corrected chi connectivity index (χ3v) is 10.1. The first-order valence-electron chi connectivity index (χ1n) is 23.5. The number of Topliss-reactive ketones (excluding diaryl/α,β-unsaturated/α-hetero) is 2. The summed E-state index contributed by atoms with van der Waals surface area (Å²) in [5.74, 6) is 4.17. The largest absolute Gasteiger partial charge is 0.471 e. The first-order chi connectivity index (χ1) is 35.7. The molecule has 3 rings (SSSR count). The Morgan fingerprint density at radius 2 is 1.16 bits per heavy atom. The van der Waals surface area contributed by atoms with E-state index in [0.717, 1.165) is 6.20 Å². The normalized spacial score (nSPS) is 11.5. The number of alkyl halides is 3. The molecule has 0 fully saturated rings. The number of carbonyl (C=O) groups excluding carboxylic acids is 4. The Morgan fingerprint density at radius 1 is 0.662 bits per heavy atom. The number of hydrogen-bond acceptors (Lipinski definition) is 18. The minimum atomic E-state index is -5.25. The lowest BCUT2D eigenvalue weighted by Crippen LogP contribution is -2.41. The summed E-state index contributed by atoms with van der Waals surface area (Å²) in [6, 6.07) is 4.84. The van der Waals surface area contributed by atoms with Gasteiger partial charge in [-0.3, -0.25) is 33.9 Å². The molecule has 74 heavy (non-hydrogen) atoms. The van der Waals surface area contributed by atoms with Gasteiger partial charge in [0.2, 0.25) is 5.95 Å². The molecule has 0 saturated heterocycles. The van der Waals surface area contributed by atoms with E-state index in [9.17, 15) is 37.1 Å². The Morgan fingerprint density at radius 3 is 1.68 bits per heavy atom. The average Bonchev–Trinajstić information content (AvgIpc) is 3.37. The summed E-state index contributed by atoms with van der Waals surface area (Å²) in [5, 5.41) is 2.66. The van der Waals surface area contributed by atoms with E-state index in [-0.39, 0.29) is 118 Å². The van der Waals surface area contributed by atoms with Crippen molar-refractivity contribution in [2.75, 3.05) is 136 Å². The fraction of sp³-hybridized carbons (Fsp3) is 0.560. The van der Waals surface area contributed by atoms with Crippen molar-refractivity contribution in [3.05, 3.63) is 52.1 Å². The molecular formula is C50H64F3N7O14. The summed E-state index contributed by atoms with van der Waals surface area (Å²) in [4.78, 5) is 76.8. The second-order valence-corrected chi connectivity index (χ2v) is 16.2. The van der Waals surface area contributed by atoms with Crippen molar-refractivity contribution in [3.8, 4) is 37.0 Å². The van der Waals surface area contributed by atoms with Crippen molar-refractivity contribution in [1.82, 2.24) is 25.3 Å². The number of ether oxygens (including phenoxy) is 9. The smallest absolute Gasteiger partial charge is 0.379 e. The highest BCUT2D eigenvalue weighted by Crippen LogP contribution is 2.27. The SMILES string of the molecule is C#CCOCC(COCC#C)(COCC#C)CC(=O)CCOCCOCCOCCOCCOCCOCCCC(=O)CCCNC(=O)c1ccc(N(Cc2cnc3nc(N)[nH]c(=O)c3n2)C(=O)C(F)(F)F)cc1. The van der Waals surface area contributed by atoms with Gasteiger partial charge in [-0.15, -0.1) is 19.3 Å². The van der Waals surface area contributed by atoms with Crippen molar-refractivity contribution in [3.63, 3.8) is 0 Å². The molecule has 0 unspecified atom stereocenters. The predicted octanol–water partition coefficient (Wildman–Crippen LogP) is 2.63. The monoisotopic (exact) mass is 1040 g/mol. The Balaban J connectivity index is 1.14. The highest BCUT2D eigenvalue weighted by atomic mass is 19.4. The molecule has 1 aromatic carbocycles. The Hall–Kier alpha value is -6.37. The summed E-state index contributed by atoms with van der Waals surface area (Å²) in [6.07, 6.45) is 13.4. The van der Waals surface area contributed by atoms with E-state index in [4.69, 9.17) is 67.6 Å². The second-order valence-electron chi connectivity index (χ2n) is 16.2. The van der Waals surface area contributed by atoms with Crippen LogP contribution in [-0.2, 0) is 63.6 Å². The number of hydrogen-bond donors (Lipinski definition) is 3. The number of fused-ring (bicyclic) bond motifs is 1. The van der Waals surface area contributed by atoms with Crippen LogP contribution in [0.2, 0.25) is 0 Å². The number of rotatable bonds is 41. The van der Waals surface area contributed by atoms with Gasteiger partial charge in [0.25, 0.3) is 11.5 Å². The summed E-state index contributed by atoms with van der Waals surface area (Å²) >= 11 is 0. The fourth-order valence-corrected chi connectivity index (χ4v) is 6.67. The van der Waals surface area contributed by atoms with Crippen molar-refractivity contribution in [2.24, 2.45) is 5.41 Å². The third kappa shape index (κ3) is 25.0. The van der Waals surface area contributed by atoms with Gasteiger partial charge >= 0.3 is 12.1 Å². The van der Waals surface area contributed by atoms with Crippen LogP contribution in [0.4, 0.5) is 24.8 Å². The minimum Gasteiger partial charge on any atom is -0.379 e. The van der Waals surface area contributed by atoms with Gasteiger partial charge in [-0.1, -0.05) is 17.8 Å². The van der Waals surface area contributed by atoms with E-state index in [1.54, 1.807) is 0 Å². The van der Waals surface area contributed by atoms with Gasteiger partial charge in [0.1, 0.15) is 31.4 Å². The zero-order chi connectivity index (χ0) is 53.9. The molecule has 2 aromatic heterocycles. The predicted molar refractivity (Wildman–Crippen MR) is 262 cm³/mol.